The van der Waals surface area contributed by atoms with E-state index in [0.717, 1.165) is 0 Å². The molecule has 2 rings (SSSR count). The van der Waals surface area contributed by atoms with Gasteiger partial charge in [0.25, 0.3) is 5.91 Å². The van der Waals surface area contributed by atoms with Crippen LogP contribution in [0.5, 0.6) is 0 Å². The number of carbonyl (C=O) groups is 1. The Balaban J connectivity index is 2.02. The third kappa shape index (κ3) is 3.27. The van der Waals surface area contributed by atoms with E-state index >= 15 is 0 Å². The molecular formula is C12H18F2N4O. The van der Waals surface area contributed by atoms with E-state index in [2.05, 4.69) is 10.1 Å². The van der Waals surface area contributed by atoms with Crippen LogP contribution in [0.3, 0.4) is 0 Å². The highest BCUT2D eigenvalue weighted by Crippen LogP contribution is 2.37. The number of aryl methyl sites for hydroxylation is 1. The van der Waals surface area contributed by atoms with Crippen LogP contribution in [0.2, 0.25) is 0 Å². The summed E-state index contributed by atoms with van der Waals surface area (Å²) in [5, 5.41) is 4.20. The molecule has 0 radical (unpaired) electrons. The Morgan fingerprint density at radius 3 is 2.58 bits per heavy atom. The summed E-state index contributed by atoms with van der Waals surface area (Å²) in [5.74, 6) is -2.32. The molecule has 0 aromatic carbocycles. The maximum absolute atomic E-state index is 13.0. The average Bonchev–Trinajstić information content (AvgIpc) is 2.75. The van der Waals surface area contributed by atoms with Gasteiger partial charge in [-0.1, -0.05) is 0 Å². The van der Waals surface area contributed by atoms with E-state index in [1.54, 1.807) is 0 Å². The molecular weight excluding hydrogens is 254 g/mol. The average molecular weight is 272 g/mol. The number of hydrogen-bond acceptors (Lipinski definition) is 3. The Kier molecular flexibility index (Phi) is 3.82. The van der Waals surface area contributed by atoms with E-state index in [4.69, 9.17) is 5.73 Å². The number of primary amides is 1. The highest BCUT2D eigenvalue weighted by atomic mass is 19.3. The van der Waals surface area contributed by atoms with Gasteiger partial charge >= 0.3 is 0 Å². The number of aromatic nitrogens is 3. The van der Waals surface area contributed by atoms with Crippen LogP contribution in [-0.2, 0) is 13.0 Å². The molecule has 1 heterocycles. The van der Waals surface area contributed by atoms with Crippen molar-refractivity contribution in [3.8, 4) is 0 Å². The van der Waals surface area contributed by atoms with Gasteiger partial charge in [-0.2, -0.15) is 5.10 Å². The minimum atomic E-state index is -2.52. The van der Waals surface area contributed by atoms with Crippen molar-refractivity contribution < 1.29 is 13.6 Å². The van der Waals surface area contributed by atoms with E-state index in [9.17, 15) is 13.6 Å². The van der Waals surface area contributed by atoms with Crippen LogP contribution in [0.1, 0.15) is 49.1 Å². The lowest BCUT2D eigenvalue weighted by atomic mass is 9.85. The maximum atomic E-state index is 13.0. The molecule has 2 N–H and O–H groups in total. The molecule has 1 aromatic rings. The zero-order valence-corrected chi connectivity index (χ0v) is 10.9. The van der Waals surface area contributed by atoms with Gasteiger partial charge in [-0.25, -0.2) is 18.4 Å². The van der Waals surface area contributed by atoms with Gasteiger partial charge in [-0.3, -0.25) is 4.79 Å². The summed E-state index contributed by atoms with van der Waals surface area (Å²) in [7, 11) is 0. The fourth-order valence-corrected chi connectivity index (χ4v) is 2.44. The standard InChI is InChI=1S/C12H18F2N4O/c1-2-18-11(10(15)19)16-9(17-18)7-8-3-5-12(13,14)6-4-8/h8H,2-7H2,1H3,(H2,15,19). The highest BCUT2D eigenvalue weighted by molar-refractivity contribution is 5.89. The van der Waals surface area contributed by atoms with E-state index in [1.165, 1.54) is 4.68 Å². The van der Waals surface area contributed by atoms with Crippen LogP contribution in [0.15, 0.2) is 0 Å². The first-order valence-electron chi connectivity index (χ1n) is 6.52. The quantitative estimate of drug-likeness (QED) is 0.907. The van der Waals surface area contributed by atoms with E-state index in [0.29, 0.717) is 31.6 Å². The molecule has 19 heavy (non-hydrogen) atoms. The minimum absolute atomic E-state index is 0.0746. The largest absolute Gasteiger partial charge is 0.363 e. The zero-order chi connectivity index (χ0) is 14.0. The third-order valence-electron chi connectivity index (χ3n) is 3.54. The van der Waals surface area contributed by atoms with Crippen LogP contribution < -0.4 is 5.73 Å². The molecule has 0 saturated heterocycles. The molecule has 0 aliphatic heterocycles. The Hall–Kier alpha value is -1.53. The SMILES string of the molecule is CCn1nc(CC2CCC(F)(F)CC2)nc1C(N)=O. The second kappa shape index (κ2) is 5.22. The molecule has 1 aromatic heterocycles. The first-order valence-corrected chi connectivity index (χ1v) is 6.52. The normalized spacial score (nSPS) is 19.5. The monoisotopic (exact) mass is 272 g/mol. The topological polar surface area (TPSA) is 73.8 Å². The van der Waals surface area contributed by atoms with Gasteiger partial charge in [0.1, 0.15) is 0 Å². The van der Waals surface area contributed by atoms with Crippen molar-refractivity contribution >= 4 is 5.91 Å². The van der Waals surface area contributed by atoms with Crippen molar-refractivity contribution in [3.05, 3.63) is 11.6 Å². The molecule has 1 saturated carbocycles. The fourth-order valence-electron chi connectivity index (χ4n) is 2.44. The molecule has 0 bridgehead atoms. The summed E-state index contributed by atoms with van der Waals surface area (Å²) in [6.07, 6.45) is 1.33. The van der Waals surface area contributed by atoms with Gasteiger partial charge in [0, 0.05) is 25.8 Å². The van der Waals surface area contributed by atoms with Crippen LogP contribution in [-0.4, -0.2) is 26.6 Å². The predicted octanol–water partition coefficient (Wildman–Crippen LogP) is 1.76. The second-order valence-electron chi connectivity index (χ2n) is 5.04. The molecule has 0 unspecified atom stereocenters. The second-order valence-corrected chi connectivity index (χ2v) is 5.04. The van der Waals surface area contributed by atoms with Gasteiger partial charge in [0.05, 0.1) is 0 Å². The zero-order valence-electron chi connectivity index (χ0n) is 10.9. The number of amides is 1. The van der Waals surface area contributed by atoms with Crippen LogP contribution in [0.25, 0.3) is 0 Å². The summed E-state index contributed by atoms with van der Waals surface area (Å²) in [6.45, 7) is 2.35. The summed E-state index contributed by atoms with van der Waals surface area (Å²) in [6, 6.07) is 0. The molecule has 7 heteroatoms. The number of alkyl halides is 2. The summed E-state index contributed by atoms with van der Waals surface area (Å²) in [4.78, 5) is 15.3. The fraction of sp³-hybridized carbons (Fsp3) is 0.750. The van der Waals surface area contributed by atoms with Crippen molar-refractivity contribution in [1.29, 1.82) is 0 Å². The van der Waals surface area contributed by atoms with Crippen LogP contribution >= 0.6 is 0 Å². The molecule has 106 valence electrons. The molecule has 1 aliphatic carbocycles. The maximum Gasteiger partial charge on any atom is 0.286 e. The van der Waals surface area contributed by atoms with Gasteiger partial charge < -0.3 is 5.73 Å². The lowest BCUT2D eigenvalue weighted by Gasteiger charge is -2.27. The van der Waals surface area contributed by atoms with Gasteiger partial charge in [-0.05, 0) is 25.7 Å². The van der Waals surface area contributed by atoms with E-state index in [1.807, 2.05) is 6.92 Å². The molecule has 0 spiro atoms. The van der Waals surface area contributed by atoms with Crippen LogP contribution in [0, 0.1) is 5.92 Å². The molecule has 1 aliphatic rings. The Labute approximate surface area is 110 Å². The Morgan fingerprint density at radius 1 is 1.47 bits per heavy atom. The van der Waals surface area contributed by atoms with E-state index < -0.39 is 11.8 Å². The number of halogens is 2. The third-order valence-corrected chi connectivity index (χ3v) is 3.54. The van der Waals surface area contributed by atoms with Crippen LogP contribution in [0.4, 0.5) is 8.78 Å². The minimum Gasteiger partial charge on any atom is -0.363 e. The van der Waals surface area contributed by atoms with Crippen molar-refractivity contribution in [2.45, 2.75) is 51.5 Å². The summed E-state index contributed by atoms with van der Waals surface area (Å²) in [5.41, 5.74) is 5.21. The van der Waals surface area contributed by atoms with Crippen molar-refractivity contribution in [1.82, 2.24) is 14.8 Å². The molecule has 0 atom stereocenters. The number of nitrogens with two attached hydrogens (primary N) is 1. The van der Waals surface area contributed by atoms with Crippen molar-refractivity contribution in [3.63, 3.8) is 0 Å². The number of carbonyl (C=O) groups excluding carboxylic acids is 1. The van der Waals surface area contributed by atoms with Gasteiger partial charge in [0.2, 0.25) is 11.7 Å². The number of hydrogen-bond donors (Lipinski definition) is 1. The Bertz CT molecular complexity index is 462. The number of rotatable bonds is 4. The summed E-state index contributed by atoms with van der Waals surface area (Å²) >= 11 is 0. The first kappa shape index (κ1) is 13.9. The highest BCUT2D eigenvalue weighted by Gasteiger charge is 2.35. The van der Waals surface area contributed by atoms with Gasteiger partial charge in [-0.15, -0.1) is 0 Å². The number of nitrogens with zero attached hydrogens (tertiary/aromatic N) is 3. The molecule has 1 fully saturated rings. The van der Waals surface area contributed by atoms with Crippen molar-refractivity contribution in [2.75, 3.05) is 0 Å². The lowest BCUT2D eigenvalue weighted by molar-refractivity contribution is -0.0458. The van der Waals surface area contributed by atoms with Gasteiger partial charge in [0.15, 0.2) is 5.82 Å². The van der Waals surface area contributed by atoms with E-state index in [-0.39, 0.29) is 24.6 Å². The predicted molar refractivity (Wildman–Crippen MR) is 64.8 cm³/mol. The Morgan fingerprint density at radius 2 is 2.11 bits per heavy atom. The molecule has 5 nitrogen and oxygen atoms in total. The smallest absolute Gasteiger partial charge is 0.286 e. The summed E-state index contributed by atoms with van der Waals surface area (Å²) < 4.78 is 27.6. The van der Waals surface area contributed by atoms with Crippen molar-refractivity contribution in [2.24, 2.45) is 11.7 Å². The lowest BCUT2D eigenvalue weighted by Crippen LogP contribution is -2.25. The first-order chi connectivity index (χ1) is 8.91. The molecule has 1 amide bonds.